The van der Waals surface area contributed by atoms with Gasteiger partial charge < -0.3 is 9.47 Å². The van der Waals surface area contributed by atoms with E-state index in [4.69, 9.17) is 9.47 Å². The lowest BCUT2D eigenvalue weighted by molar-refractivity contribution is -0.197. The van der Waals surface area contributed by atoms with Crippen LogP contribution in [0.3, 0.4) is 0 Å². The molecule has 0 aromatic rings. The van der Waals surface area contributed by atoms with E-state index in [2.05, 4.69) is 6.92 Å². The normalized spacial score (nSPS) is 12.0. The first-order valence-corrected chi connectivity index (χ1v) is 5.81. The molecule has 0 saturated carbocycles. The lowest BCUT2D eigenvalue weighted by Gasteiger charge is -2.23. The predicted octanol–water partition coefficient (Wildman–Crippen LogP) is 3.75. The van der Waals surface area contributed by atoms with E-state index in [9.17, 15) is 0 Å². The number of hydrogen-bond donors (Lipinski definition) is 0. The van der Waals surface area contributed by atoms with E-state index in [1.807, 2.05) is 13.8 Å². The Balaban J connectivity index is 3.13. The van der Waals surface area contributed by atoms with Crippen LogP contribution in [0.2, 0.25) is 0 Å². The summed E-state index contributed by atoms with van der Waals surface area (Å²) < 4.78 is 10.7. The van der Waals surface area contributed by atoms with Crippen LogP contribution in [0.15, 0.2) is 0 Å². The first-order valence-electron chi connectivity index (χ1n) is 5.81. The average Bonchev–Trinajstić information content (AvgIpc) is 2.16. The van der Waals surface area contributed by atoms with Crippen molar-refractivity contribution in [2.45, 2.75) is 65.1 Å². The summed E-state index contributed by atoms with van der Waals surface area (Å²) in [5.41, 5.74) is 0. The molecule has 0 fully saturated rings. The summed E-state index contributed by atoms with van der Waals surface area (Å²) in [7, 11) is 1.68. The second-order valence-electron chi connectivity index (χ2n) is 4.22. The van der Waals surface area contributed by atoms with Gasteiger partial charge >= 0.3 is 0 Å². The van der Waals surface area contributed by atoms with Crippen LogP contribution in [0.5, 0.6) is 0 Å². The lowest BCUT2D eigenvalue weighted by Crippen LogP contribution is -2.26. The number of methoxy groups -OCH3 is 1. The van der Waals surface area contributed by atoms with Gasteiger partial charge in [-0.3, -0.25) is 0 Å². The molecule has 0 aromatic heterocycles. The second-order valence-corrected chi connectivity index (χ2v) is 4.22. The fraction of sp³-hybridized carbons (Fsp3) is 1.00. The molecule has 0 radical (unpaired) electrons. The summed E-state index contributed by atoms with van der Waals surface area (Å²) in [6.07, 6.45) is 7.81. The maximum atomic E-state index is 5.56. The molecule has 0 aliphatic rings. The molecular weight excluding hydrogens is 176 g/mol. The van der Waals surface area contributed by atoms with Crippen LogP contribution >= 0.6 is 0 Å². The van der Waals surface area contributed by atoms with E-state index in [1.54, 1.807) is 7.11 Å². The van der Waals surface area contributed by atoms with E-state index in [-0.39, 0.29) is 0 Å². The average molecular weight is 202 g/mol. The Labute approximate surface area is 89.0 Å². The molecule has 0 spiro atoms. The standard InChI is InChI=1S/C12H26O2/c1-5-6-7-8-9-10-11-14-12(2,3)13-4/h5-11H2,1-4H3. The van der Waals surface area contributed by atoms with Gasteiger partial charge in [0.15, 0.2) is 5.79 Å². The highest BCUT2D eigenvalue weighted by Gasteiger charge is 2.15. The smallest absolute Gasteiger partial charge is 0.162 e. The Morgan fingerprint density at radius 2 is 1.50 bits per heavy atom. The minimum atomic E-state index is -0.413. The summed E-state index contributed by atoms with van der Waals surface area (Å²) in [4.78, 5) is 0. The van der Waals surface area contributed by atoms with Gasteiger partial charge in [0, 0.05) is 13.7 Å². The van der Waals surface area contributed by atoms with Crippen LogP contribution in [0, 0.1) is 0 Å². The molecule has 0 amide bonds. The summed E-state index contributed by atoms with van der Waals surface area (Å²) >= 11 is 0. The van der Waals surface area contributed by atoms with E-state index in [0.29, 0.717) is 0 Å². The van der Waals surface area contributed by atoms with Gasteiger partial charge in [-0.2, -0.15) is 0 Å². The molecule has 0 heterocycles. The molecule has 86 valence electrons. The van der Waals surface area contributed by atoms with Crippen molar-refractivity contribution in [1.29, 1.82) is 0 Å². The van der Waals surface area contributed by atoms with E-state index >= 15 is 0 Å². The lowest BCUT2D eigenvalue weighted by atomic mass is 10.1. The molecule has 0 rings (SSSR count). The summed E-state index contributed by atoms with van der Waals surface area (Å²) in [5, 5.41) is 0. The van der Waals surface area contributed by atoms with Crippen molar-refractivity contribution in [3.8, 4) is 0 Å². The van der Waals surface area contributed by atoms with Gasteiger partial charge in [0.25, 0.3) is 0 Å². The minimum absolute atomic E-state index is 0.413. The van der Waals surface area contributed by atoms with Gasteiger partial charge in [0.05, 0.1) is 0 Å². The van der Waals surface area contributed by atoms with Crippen LogP contribution in [-0.2, 0) is 9.47 Å². The zero-order valence-corrected chi connectivity index (χ0v) is 10.3. The molecule has 0 atom stereocenters. The van der Waals surface area contributed by atoms with Crippen LogP contribution in [0.25, 0.3) is 0 Å². The Morgan fingerprint density at radius 1 is 0.929 bits per heavy atom. The summed E-state index contributed by atoms with van der Waals surface area (Å²) in [5.74, 6) is -0.413. The predicted molar refractivity (Wildman–Crippen MR) is 60.4 cm³/mol. The Morgan fingerprint density at radius 3 is 2.07 bits per heavy atom. The number of hydrogen-bond acceptors (Lipinski definition) is 2. The number of ether oxygens (including phenoxy) is 2. The molecule has 0 aromatic carbocycles. The fourth-order valence-electron chi connectivity index (χ4n) is 1.26. The van der Waals surface area contributed by atoms with E-state index in [1.165, 1.54) is 32.1 Å². The van der Waals surface area contributed by atoms with Crippen molar-refractivity contribution in [2.75, 3.05) is 13.7 Å². The quantitative estimate of drug-likeness (QED) is 0.419. The maximum absolute atomic E-state index is 5.56. The zero-order chi connectivity index (χ0) is 10.9. The first-order chi connectivity index (χ1) is 6.62. The largest absolute Gasteiger partial charge is 0.354 e. The molecule has 0 N–H and O–H groups in total. The van der Waals surface area contributed by atoms with Gasteiger partial charge in [0.1, 0.15) is 0 Å². The van der Waals surface area contributed by atoms with E-state index in [0.717, 1.165) is 13.0 Å². The van der Waals surface area contributed by atoms with Crippen molar-refractivity contribution in [2.24, 2.45) is 0 Å². The highest BCUT2D eigenvalue weighted by atomic mass is 16.7. The third-order valence-electron chi connectivity index (χ3n) is 2.44. The monoisotopic (exact) mass is 202 g/mol. The van der Waals surface area contributed by atoms with Crippen LogP contribution in [-0.4, -0.2) is 19.5 Å². The molecule has 0 unspecified atom stereocenters. The summed E-state index contributed by atoms with van der Waals surface area (Å²) in [6.45, 7) is 6.95. The second kappa shape index (κ2) is 8.25. The molecule has 2 heteroatoms. The maximum Gasteiger partial charge on any atom is 0.162 e. The van der Waals surface area contributed by atoms with Gasteiger partial charge in [-0.1, -0.05) is 39.0 Å². The fourth-order valence-corrected chi connectivity index (χ4v) is 1.26. The highest BCUT2D eigenvalue weighted by molar-refractivity contribution is 4.52. The summed E-state index contributed by atoms with van der Waals surface area (Å²) in [6, 6.07) is 0. The molecule has 14 heavy (non-hydrogen) atoms. The number of rotatable bonds is 9. The molecular formula is C12H26O2. The highest BCUT2D eigenvalue weighted by Crippen LogP contribution is 2.11. The molecule has 0 aliphatic carbocycles. The Bertz CT molecular complexity index is 121. The zero-order valence-electron chi connectivity index (χ0n) is 10.3. The third-order valence-corrected chi connectivity index (χ3v) is 2.44. The SMILES string of the molecule is CCCCCCCCOC(C)(C)OC. The van der Waals surface area contributed by atoms with Crippen molar-refractivity contribution < 1.29 is 9.47 Å². The third kappa shape index (κ3) is 8.52. The first kappa shape index (κ1) is 13.9. The van der Waals surface area contributed by atoms with Crippen molar-refractivity contribution in [3.63, 3.8) is 0 Å². The van der Waals surface area contributed by atoms with Crippen molar-refractivity contribution >= 4 is 0 Å². The number of unbranched alkanes of at least 4 members (excludes halogenated alkanes) is 5. The molecule has 0 aliphatic heterocycles. The van der Waals surface area contributed by atoms with Gasteiger partial charge in [-0.15, -0.1) is 0 Å². The van der Waals surface area contributed by atoms with Crippen molar-refractivity contribution in [3.05, 3.63) is 0 Å². The van der Waals surface area contributed by atoms with E-state index < -0.39 is 5.79 Å². The molecule has 0 saturated heterocycles. The Kier molecular flexibility index (Phi) is 8.20. The van der Waals surface area contributed by atoms with Gasteiger partial charge in [0.2, 0.25) is 0 Å². The van der Waals surface area contributed by atoms with Gasteiger partial charge in [-0.25, -0.2) is 0 Å². The Hall–Kier alpha value is -0.0800. The topological polar surface area (TPSA) is 18.5 Å². The minimum Gasteiger partial charge on any atom is -0.354 e. The van der Waals surface area contributed by atoms with Crippen LogP contribution in [0.1, 0.15) is 59.3 Å². The van der Waals surface area contributed by atoms with Gasteiger partial charge in [-0.05, 0) is 20.3 Å². The molecule has 2 nitrogen and oxygen atoms in total. The van der Waals surface area contributed by atoms with Crippen LogP contribution in [0.4, 0.5) is 0 Å². The molecule has 0 bridgehead atoms. The van der Waals surface area contributed by atoms with Crippen molar-refractivity contribution in [1.82, 2.24) is 0 Å². The van der Waals surface area contributed by atoms with Crippen LogP contribution < -0.4 is 0 Å².